The average Bonchev–Trinajstić information content (AvgIpc) is 2.43. The van der Waals surface area contributed by atoms with Gasteiger partial charge in [0.05, 0.1) is 12.8 Å². The quantitative estimate of drug-likeness (QED) is 0.874. The van der Waals surface area contributed by atoms with Crippen molar-refractivity contribution in [3.8, 4) is 5.75 Å². The molecule has 106 valence electrons. The first-order chi connectivity index (χ1) is 9.58. The number of anilines is 1. The number of hydrogen-bond acceptors (Lipinski definition) is 2. The Balaban J connectivity index is 2.00. The van der Waals surface area contributed by atoms with Crippen LogP contribution in [-0.2, 0) is 6.42 Å². The molecule has 0 aliphatic carbocycles. The predicted molar refractivity (Wildman–Crippen MR) is 81.2 cm³/mol. The number of rotatable bonds is 5. The van der Waals surface area contributed by atoms with Gasteiger partial charge in [0.2, 0.25) is 0 Å². The molecule has 1 atom stereocenters. The van der Waals surface area contributed by atoms with Crippen molar-refractivity contribution in [1.82, 2.24) is 0 Å². The third-order valence-electron chi connectivity index (χ3n) is 3.03. The lowest BCUT2D eigenvalue weighted by Crippen LogP contribution is -2.18. The lowest BCUT2D eigenvalue weighted by atomic mass is 10.1. The highest BCUT2D eigenvalue weighted by Gasteiger charge is 2.08. The Kier molecular flexibility index (Phi) is 4.85. The summed E-state index contributed by atoms with van der Waals surface area (Å²) in [5.41, 5.74) is 1.59. The van der Waals surface area contributed by atoms with E-state index in [9.17, 15) is 4.39 Å². The predicted octanol–water partition coefficient (Wildman–Crippen LogP) is 4.53. The third-order valence-corrected chi connectivity index (χ3v) is 3.27. The summed E-state index contributed by atoms with van der Waals surface area (Å²) in [5.74, 6) is 0.534. The summed E-state index contributed by atoms with van der Waals surface area (Å²) in [6.07, 6.45) is 0.788. The molecule has 0 heterocycles. The van der Waals surface area contributed by atoms with Crippen LogP contribution in [0.1, 0.15) is 12.5 Å². The molecular formula is C16H17ClFNO. The van der Waals surface area contributed by atoms with Crippen molar-refractivity contribution in [3.63, 3.8) is 0 Å². The van der Waals surface area contributed by atoms with E-state index in [0.29, 0.717) is 10.7 Å². The molecule has 20 heavy (non-hydrogen) atoms. The molecule has 1 N–H and O–H groups in total. The Bertz CT molecular complexity index is 571. The smallest absolute Gasteiger partial charge is 0.146 e. The molecule has 4 heteroatoms. The minimum absolute atomic E-state index is 0.0939. The fraction of sp³-hybridized carbons (Fsp3) is 0.250. The van der Waals surface area contributed by atoms with Gasteiger partial charge in [0.25, 0.3) is 0 Å². The van der Waals surface area contributed by atoms with Crippen LogP contribution >= 0.6 is 11.6 Å². The van der Waals surface area contributed by atoms with E-state index in [1.807, 2.05) is 31.2 Å². The molecule has 0 fully saturated rings. The maximum absolute atomic E-state index is 13.6. The van der Waals surface area contributed by atoms with E-state index in [0.717, 1.165) is 17.7 Å². The van der Waals surface area contributed by atoms with Gasteiger partial charge in [-0.3, -0.25) is 0 Å². The van der Waals surface area contributed by atoms with E-state index in [1.54, 1.807) is 13.2 Å². The second kappa shape index (κ2) is 6.62. The molecule has 0 saturated heterocycles. The largest absolute Gasteiger partial charge is 0.497 e. The highest BCUT2D eigenvalue weighted by atomic mass is 35.5. The van der Waals surface area contributed by atoms with Crippen molar-refractivity contribution >= 4 is 17.3 Å². The summed E-state index contributed by atoms with van der Waals surface area (Å²) in [7, 11) is 1.64. The van der Waals surface area contributed by atoms with Crippen LogP contribution in [0.3, 0.4) is 0 Å². The molecule has 0 aromatic heterocycles. The van der Waals surface area contributed by atoms with Crippen LogP contribution < -0.4 is 10.1 Å². The lowest BCUT2D eigenvalue weighted by Gasteiger charge is -2.16. The van der Waals surface area contributed by atoms with Crippen molar-refractivity contribution < 1.29 is 9.13 Å². The maximum atomic E-state index is 13.6. The summed E-state index contributed by atoms with van der Waals surface area (Å²) in [6, 6.07) is 12.4. The van der Waals surface area contributed by atoms with Crippen molar-refractivity contribution in [2.45, 2.75) is 19.4 Å². The minimum atomic E-state index is -0.295. The van der Waals surface area contributed by atoms with Gasteiger partial charge in [0.15, 0.2) is 0 Å². The van der Waals surface area contributed by atoms with Crippen LogP contribution in [0.25, 0.3) is 0 Å². The number of ether oxygens (including phenoxy) is 1. The molecular weight excluding hydrogens is 277 g/mol. The Morgan fingerprint density at radius 1 is 1.20 bits per heavy atom. The van der Waals surface area contributed by atoms with E-state index in [1.165, 1.54) is 12.1 Å². The monoisotopic (exact) mass is 293 g/mol. The van der Waals surface area contributed by atoms with Gasteiger partial charge in [0, 0.05) is 11.1 Å². The highest BCUT2D eigenvalue weighted by molar-refractivity contribution is 6.30. The van der Waals surface area contributed by atoms with Gasteiger partial charge >= 0.3 is 0 Å². The minimum Gasteiger partial charge on any atom is -0.497 e. The van der Waals surface area contributed by atoms with Crippen LogP contribution in [0.2, 0.25) is 5.02 Å². The number of hydrogen-bond donors (Lipinski definition) is 1. The normalized spacial score (nSPS) is 12.0. The first-order valence-electron chi connectivity index (χ1n) is 6.43. The topological polar surface area (TPSA) is 21.3 Å². The van der Waals surface area contributed by atoms with Crippen molar-refractivity contribution in [1.29, 1.82) is 0 Å². The second-order valence-electron chi connectivity index (χ2n) is 4.72. The fourth-order valence-corrected chi connectivity index (χ4v) is 2.21. The first-order valence-corrected chi connectivity index (χ1v) is 6.81. The molecule has 1 unspecified atom stereocenters. The van der Waals surface area contributed by atoms with Crippen LogP contribution in [0, 0.1) is 5.82 Å². The van der Waals surface area contributed by atoms with Crippen molar-refractivity contribution in [3.05, 3.63) is 58.9 Å². The van der Waals surface area contributed by atoms with Crippen LogP contribution in [0.15, 0.2) is 42.5 Å². The SMILES string of the molecule is COc1ccc(CC(C)Nc2cc(Cl)ccc2F)cc1. The summed E-state index contributed by atoms with van der Waals surface area (Å²) < 4.78 is 18.7. The zero-order valence-electron chi connectivity index (χ0n) is 11.5. The number of nitrogens with one attached hydrogen (secondary N) is 1. The van der Waals surface area contributed by atoms with Crippen LogP contribution in [0.4, 0.5) is 10.1 Å². The Labute approximate surface area is 123 Å². The highest BCUT2D eigenvalue weighted by Crippen LogP contribution is 2.21. The van der Waals surface area contributed by atoms with E-state index in [-0.39, 0.29) is 11.9 Å². The van der Waals surface area contributed by atoms with Gasteiger partial charge in [-0.2, -0.15) is 0 Å². The second-order valence-corrected chi connectivity index (χ2v) is 5.16. The molecule has 0 aliphatic heterocycles. The lowest BCUT2D eigenvalue weighted by molar-refractivity contribution is 0.414. The molecule has 2 rings (SSSR count). The summed E-state index contributed by atoms with van der Waals surface area (Å²) in [5, 5.41) is 3.66. The van der Waals surface area contributed by atoms with Crippen molar-refractivity contribution in [2.75, 3.05) is 12.4 Å². The van der Waals surface area contributed by atoms with Gasteiger partial charge < -0.3 is 10.1 Å². The van der Waals surface area contributed by atoms with E-state index >= 15 is 0 Å². The molecule has 2 aromatic rings. The van der Waals surface area contributed by atoms with E-state index < -0.39 is 0 Å². The Morgan fingerprint density at radius 3 is 2.55 bits per heavy atom. The Morgan fingerprint density at radius 2 is 1.90 bits per heavy atom. The van der Waals surface area contributed by atoms with Gasteiger partial charge in [-0.15, -0.1) is 0 Å². The number of halogens is 2. The van der Waals surface area contributed by atoms with Crippen molar-refractivity contribution in [2.24, 2.45) is 0 Å². The van der Waals surface area contributed by atoms with Gasteiger partial charge in [-0.05, 0) is 49.2 Å². The molecule has 0 aliphatic rings. The Hall–Kier alpha value is -1.74. The third kappa shape index (κ3) is 3.87. The zero-order valence-corrected chi connectivity index (χ0v) is 12.2. The van der Waals surface area contributed by atoms with Gasteiger partial charge in [0.1, 0.15) is 11.6 Å². The molecule has 0 saturated carbocycles. The van der Waals surface area contributed by atoms with Crippen LogP contribution in [-0.4, -0.2) is 13.2 Å². The van der Waals surface area contributed by atoms with E-state index in [2.05, 4.69) is 5.32 Å². The fourth-order valence-electron chi connectivity index (χ4n) is 2.04. The average molecular weight is 294 g/mol. The molecule has 2 aromatic carbocycles. The summed E-state index contributed by atoms with van der Waals surface area (Å²) >= 11 is 5.87. The zero-order chi connectivity index (χ0) is 14.5. The van der Waals surface area contributed by atoms with Gasteiger partial charge in [-0.1, -0.05) is 23.7 Å². The van der Waals surface area contributed by atoms with Crippen LogP contribution in [0.5, 0.6) is 5.75 Å². The molecule has 0 amide bonds. The molecule has 0 spiro atoms. The first kappa shape index (κ1) is 14.7. The summed E-state index contributed by atoms with van der Waals surface area (Å²) in [6.45, 7) is 2.00. The number of benzene rings is 2. The van der Waals surface area contributed by atoms with E-state index in [4.69, 9.17) is 16.3 Å². The molecule has 0 bridgehead atoms. The maximum Gasteiger partial charge on any atom is 0.146 e. The molecule has 0 radical (unpaired) electrons. The van der Waals surface area contributed by atoms with Gasteiger partial charge in [-0.25, -0.2) is 4.39 Å². The summed E-state index contributed by atoms with van der Waals surface area (Å²) in [4.78, 5) is 0. The standard InChI is InChI=1S/C16H17ClFNO/c1-11(9-12-3-6-14(20-2)7-4-12)19-16-10-13(17)5-8-15(16)18/h3-8,10-11,19H,9H2,1-2H3. The molecule has 2 nitrogen and oxygen atoms in total. The number of methoxy groups -OCH3 is 1.